The molecule has 2 aromatic carbocycles. The molecule has 0 saturated carbocycles. The number of unbranched alkanes of at least 4 members (excludes halogenated alkanes) is 3. The first kappa shape index (κ1) is 47.5. The number of carbonyl (C=O) groups is 2. The number of Topliss-reactive ketones (excluding diaryl/α,β-unsaturated/α-hetero) is 1. The Hall–Kier alpha value is -6.18. The van der Waals surface area contributed by atoms with E-state index in [0.29, 0.717) is 23.5 Å². The number of pyridine rings is 2. The first-order valence-electron chi connectivity index (χ1n) is 20.3. The van der Waals surface area contributed by atoms with Crippen LogP contribution in [0.15, 0.2) is 97.6 Å². The molecule has 0 saturated heterocycles. The topological polar surface area (TPSA) is 156 Å². The number of carboxylic acids is 1. The van der Waals surface area contributed by atoms with Gasteiger partial charge in [0.15, 0.2) is 0 Å². The fourth-order valence-electron chi connectivity index (χ4n) is 6.34. The predicted molar refractivity (Wildman–Crippen MR) is 252 cm³/mol. The minimum Gasteiger partial charge on any atom is -0.495 e. The standard InChI is InChI=1S/C25H26N2O2S.C14H19N3S.C10H8O3/c1-29-24-10-6-5-7-20(24)11-13-21(28)8-3-2-4-9-22(30)14-12-19-15-17-26-25-23(19)16-18-27-25;15-8-2-1-3-12(18)5-4-11-6-9-16-14-13(11)7-10-17-14;1-13-9-5-3-2-4-8(9)6-7-10(11)12/h5-7,10,15-18H,2-4,8-9,12,14H2,1H3,(H,26,27);6-7,9-10H,1-5,8,15H2,(H,16,17);2-5H,1H3,(H,11,12). The molecule has 0 bridgehead atoms. The highest BCUT2D eigenvalue weighted by atomic mass is 32.1. The third kappa shape index (κ3) is 16.8. The smallest absolute Gasteiger partial charge is 0.382 e. The number of ketones is 1. The monoisotopic (exact) mass is 855 g/mol. The number of nitrogens with one attached hydrogen (secondary N) is 2. The van der Waals surface area contributed by atoms with Gasteiger partial charge in [0, 0.05) is 47.9 Å². The summed E-state index contributed by atoms with van der Waals surface area (Å²) in [7, 11) is 3.12. The second-order valence-electron chi connectivity index (χ2n) is 13.9. The van der Waals surface area contributed by atoms with Gasteiger partial charge < -0.3 is 30.3 Å². The van der Waals surface area contributed by atoms with Crippen LogP contribution < -0.4 is 15.2 Å². The van der Waals surface area contributed by atoms with E-state index in [2.05, 4.69) is 62.0 Å². The summed E-state index contributed by atoms with van der Waals surface area (Å²) < 4.78 is 10.2. The van der Waals surface area contributed by atoms with Gasteiger partial charge >= 0.3 is 5.97 Å². The van der Waals surface area contributed by atoms with Gasteiger partial charge in [-0.25, -0.2) is 14.8 Å². The predicted octanol–water partition coefficient (Wildman–Crippen LogP) is 9.57. The van der Waals surface area contributed by atoms with E-state index >= 15 is 0 Å². The molecule has 0 aliphatic rings. The summed E-state index contributed by atoms with van der Waals surface area (Å²) in [6.45, 7) is 0.761. The van der Waals surface area contributed by atoms with E-state index in [9.17, 15) is 9.59 Å². The molecule has 12 heteroatoms. The summed E-state index contributed by atoms with van der Waals surface area (Å²) in [6, 6.07) is 22.8. The third-order valence-corrected chi connectivity index (χ3v) is 10.4. The number of hydrogen-bond donors (Lipinski definition) is 4. The number of aromatic amines is 2. The number of thiocarbonyl (C=S) groups is 2. The highest BCUT2D eigenvalue weighted by Gasteiger charge is 2.07. The molecule has 0 amide bonds. The molecule has 0 aliphatic carbocycles. The van der Waals surface area contributed by atoms with Gasteiger partial charge in [0.05, 0.1) is 25.3 Å². The van der Waals surface area contributed by atoms with Crippen molar-refractivity contribution in [1.82, 2.24) is 19.9 Å². The minimum absolute atomic E-state index is 0.0308. The molecule has 6 aromatic rings. The van der Waals surface area contributed by atoms with Crippen LogP contribution in [-0.4, -0.2) is 67.3 Å². The van der Waals surface area contributed by atoms with Gasteiger partial charge in [-0.3, -0.25) is 4.79 Å². The normalized spacial score (nSPS) is 10.1. The Balaban J connectivity index is 0.000000223. The Labute approximate surface area is 369 Å². The van der Waals surface area contributed by atoms with Gasteiger partial charge in [-0.15, -0.1) is 0 Å². The number of aliphatic carboxylic acids is 1. The second-order valence-corrected chi connectivity index (χ2v) is 15.1. The number of carbonyl (C=O) groups excluding carboxylic acids is 1. The van der Waals surface area contributed by atoms with E-state index in [-0.39, 0.29) is 5.78 Å². The summed E-state index contributed by atoms with van der Waals surface area (Å²) >= 11 is 11.0. The van der Waals surface area contributed by atoms with Crippen molar-refractivity contribution in [3.05, 3.63) is 120 Å². The molecule has 0 radical (unpaired) electrons. The van der Waals surface area contributed by atoms with Crippen LogP contribution in [0.5, 0.6) is 11.5 Å². The van der Waals surface area contributed by atoms with Crippen LogP contribution in [0.2, 0.25) is 0 Å². The molecule has 0 fully saturated rings. The van der Waals surface area contributed by atoms with Gasteiger partial charge in [-0.05, 0) is 146 Å². The van der Waals surface area contributed by atoms with E-state index in [0.717, 1.165) is 104 Å². The number of H-pyrrole nitrogens is 2. The zero-order valence-electron chi connectivity index (χ0n) is 34.8. The maximum atomic E-state index is 12.0. The number of fused-ring (bicyclic) bond motifs is 2. The van der Waals surface area contributed by atoms with Crippen molar-refractivity contribution in [2.45, 2.75) is 77.0 Å². The molecular weight excluding hydrogens is 803 g/mol. The zero-order valence-corrected chi connectivity index (χ0v) is 36.4. The zero-order chi connectivity index (χ0) is 43.7. The minimum atomic E-state index is -1.15. The number of rotatable bonds is 18. The maximum Gasteiger partial charge on any atom is 0.382 e. The van der Waals surface area contributed by atoms with Crippen molar-refractivity contribution >= 4 is 68.0 Å². The molecule has 4 heterocycles. The van der Waals surface area contributed by atoms with Crippen LogP contribution >= 0.6 is 24.4 Å². The lowest BCUT2D eigenvalue weighted by Gasteiger charge is -2.05. The lowest BCUT2D eigenvalue weighted by atomic mass is 10.0. The van der Waals surface area contributed by atoms with Crippen molar-refractivity contribution in [3.63, 3.8) is 0 Å². The van der Waals surface area contributed by atoms with E-state index in [1.165, 1.54) is 29.0 Å². The lowest BCUT2D eigenvalue weighted by molar-refractivity contribution is -0.130. The van der Waals surface area contributed by atoms with Crippen molar-refractivity contribution in [2.24, 2.45) is 5.73 Å². The Morgan fingerprint density at radius 2 is 1.11 bits per heavy atom. The van der Waals surface area contributed by atoms with Gasteiger partial charge in [-0.2, -0.15) is 0 Å². The van der Waals surface area contributed by atoms with Gasteiger partial charge in [0.1, 0.15) is 22.8 Å². The molecule has 4 aromatic heterocycles. The van der Waals surface area contributed by atoms with E-state index in [1.54, 1.807) is 31.4 Å². The fourth-order valence-corrected chi connectivity index (χ4v) is 6.83. The summed E-state index contributed by atoms with van der Waals surface area (Å²) in [5.74, 6) is 10.2. The molecule has 0 atom stereocenters. The first-order valence-corrected chi connectivity index (χ1v) is 21.1. The number of ether oxygens (including phenoxy) is 2. The van der Waals surface area contributed by atoms with Crippen molar-refractivity contribution in [3.8, 4) is 35.2 Å². The second kappa shape index (κ2) is 26.8. The van der Waals surface area contributed by atoms with Crippen LogP contribution in [0.4, 0.5) is 0 Å². The third-order valence-electron chi connectivity index (χ3n) is 9.57. The fraction of sp³-hybridized carbons (Fsp3) is 0.306. The summed E-state index contributed by atoms with van der Waals surface area (Å²) in [5, 5.41) is 10.7. The molecule has 10 nitrogen and oxygen atoms in total. The number of benzene rings is 2. The number of nitrogens with two attached hydrogens (primary N) is 1. The summed E-state index contributed by atoms with van der Waals surface area (Å²) in [4.78, 5) is 39.3. The van der Waals surface area contributed by atoms with Crippen LogP contribution in [0.25, 0.3) is 22.1 Å². The molecule has 6 rings (SSSR count). The molecule has 0 aliphatic heterocycles. The highest BCUT2D eigenvalue weighted by Crippen LogP contribution is 2.20. The Morgan fingerprint density at radius 3 is 1.61 bits per heavy atom. The molecule has 5 N–H and O–H groups in total. The number of hydrogen-bond acceptors (Lipinski definition) is 9. The van der Waals surface area contributed by atoms with Crippen molar-refractivity contribution in [2.75, 3.05) is 20.8 Å². The van der Waals surface area contributed by atoms with Gasteiger partial charge in [0.2, 0.25) is 5.78 Å². The van der Waals surface area contributed by atoms with E-state index < -0.39 is 5.97 Å². The average Bonchev–Trinajstić information content (AvgIpc) is 3.98. The number of aromatic nitrogens is 4. The van der Waals surface area contributed by atoms with Crippen LogP contribution in [-0.2, 0) is 22.4 Å². The molecule has 61 heavy (non-hydrogen) atoms. The molecule has 0 unspecified atom stereocenters. The number of carboxylic acid groups (broad SMARTS) is 1. The van der Waals surface area contributed by atoms with Gasteiger partial charge in [-0.1, -0.05) is 67.0 Å². The Bertz CT molecular complexity index is 2490. The SMILES string of the molecule is COc1ccccc1C#CC(=O)CCCCCC(=S)CCc1ccnc2[nH]ccc12.COc1ccccc1C#CC(=O)O.NCCCCC(=S)CCc1ccnc2[nH]ccc12. The van der Waals surface area contributed by atoms with Gasteiger partial charge in [0.25, 0.3) is 0 Å². The van der Waals surface area contributed by atoms with E-state index in [1.807, 2.05) is 55.0 Å². The van der Waals surface area contributed by atoms with Crippen LogP contribution in [0.3, 0.4) is 0 Å². The van der Waals surface area contributed by atoms with Crippen LogP contribution in [0, 0.1) is 23.7 Å². The van der Waals surface area contributed by atoms with Crippen molar-refractivity contribution in [1.29, 1.82) is 0 Å². The maximum absolute atomic E-state index is 12.0. The molecule has 316 valence electrons. The molecular formula is C49H53N5O5S2. The number of nitrogens with zero attached hydrogens (tertiary/aromatic N) is 2. The number of aryl methyl sites for hydroxylation is 2. The number of methoxy groups -OCH3 is 2. The van der Waals surface area contributed by atoms with E-state index in [4.69, 9.17) is 44.7 Å². The lowest BCUT2D eigenvalue weighted by Crippen LogP contribution is -2.02. The summed E-state index contributed by atoms with van der Waals surface area (Å²) in [5.41, 5.74) is 11.3. The van der Waals surface area contributed by atoms with Crippen LogP contribution in [0.1, 0.15) is 86.5 Å². The quantitative estimate of drug-likeness (QED) is 0.0373. The Morgan fingerprint density at radius 1 is 0.639 bits per heavy atom. The first-order chi connectivity index (χ1) is 29.7. The summed E-state index contributed by atoms with van der Waals surface area (Å²) in [6.07, 6.45) is 18.8. The highest BCUT2D eigenvalue weighted by molar-refractivity contribution is 7.80. The molecule has 0 spiro atoms. The Kier molecular flexibility index (Phi) is 20.9. The number of para-hydroxylation sites is 2. The average molecular weight is 856 g/mol. The largest absolute Gasteiger partial charge is 0.495 e. The van der Waals surface area contributed by atoms with Crippen molar-refractivity contribution < 1.29 is 24.2 Å².